The van der Waals surface area contributed by atoms with Crippen LogP contribution in [0.5, 0.6) is 5.75 Å². The Hall–Kier alpha value is -2.89. The fraction of sp³-hybridized carbons (Fsp3) is 0.350. The fourth-order valence-electron chi connectivity index (χ4n) is 4.44. The summed E-state index contributed by atoms with van der Waals surface area (Å²) >= 11 is 0. The molecule has 2 amide bonds. The van der Waals surface area contributed by atoms with Crippen LogP contribution in [0.4, 0.5) is 5.69 Å². The van der Waals surface area contributed by atoms with Gasteiger partial charge in [0.15, 0.2) is 0 Å². The Labute approximate surface area is 151 Å². The molecule has 1 aromatic carbocycles. The van der Waals surface area contributed by atoms with Gasteiger partial charge in [-0.15, -0.1) is 0 Å². The summed E-state index contributed by atoms with van der Waals surface area (Å²) in [4.78, 5) is 31.7. The maximum Gasteiger partial charge on any atom is 0.258 e. The van der Waals surface area contributed by atoms with E-state index in [0.717, 1.165) is 24.1 Å². The number of hydrogen-bond acceptors (Lipinski definition) is 4. The highest BCUT2D eigenvalue weighted by Gasteiger charge is 2.58. The van der Waals surface area contributed by atoms with Crippen molar-refractivity contribution in [2.45, 2.75) is 37.6 Å². The molecule has 1 aromatic heterocycles. The van der Waals surface area contributed by atoms with Crippen molar-refractivity contribution in [1.82, 2.24) is 9.88 Å². The van der Waals surface area contributed by atoms with E-state index in [9.17, 15) is 14.7 Å². The van der Waals surface area contributed by atoms with Crippen LogP contribution in [0.2, 0.25) is 0 Å². The van der Waals surface area contributed by atoms with Crippen LogP contribution in [0.3, 0.4) is 0 Å². The van der Waals surface area contributed by atoms with E-state index in [1.54, 1.807) is 4.90 Å². The minimum atomic E-state index is -0.717. The lowest BCUT2D eigenvalue weighted by Crippen LogP contribution is -2.48. The SMILES string of the molecule is CCC[C@@H]1N(C(=O)c2ccncc2O)CC[C@]12C(=O)Nc1ccccc12. The van der Waals surface area contributed by atoms with E-state index in [-0.39, 0.29) is 29.2 Å². The number of amides is 2. The van der Waals surface area contributed by atoms with Crippen LogP contribution in [0.15, 0.2) is 42.7 Å². The molecule has 2 atom stereocenters. The highest BCUT2D eigenvalue weighted by atomic mass is 16.3. The number of aromatic nitrogens is 1. The number of aromatic hydroxyl groups is 1. The van der Waals surface area contributed by atoms with Gasteiger partial charge in [-0.2, -0.15) is 0 Å². The first-order chi connectivity index (χ1) is 12.6. The summed E-state index contributed by atoms with van der Waals surface area (Å²) in [6, 6.07) is 9.01. The second kappa shape index (κ2) is 6.12. The highest BCUT2D eigenvalue weighted by Crippen LogP contribution is 2.49. The lowest BCUT2D eigenvalue weighted by atomic mass is 9.73. The quantitative estimate of drug-likeness (QED) is 0.891. The smallest absolute Gasteiger partial charge is 0.258 e. The molecular weight excluding hydrogens is 330 g/mol. The molecule has 2 aliphatic rings. The monoisotopic (exact) mass is 351 g/mol. The summed E-state index contributed by atoms with van der Waals surface area (Å²) in [6.07, 6.45) is 4.92. The number of likely N-dealkylation sites (tertiary alicyclic amines) is 1. The van der Waals surface area contributed by atoms with Crippen LogP contribution in [-0.2, 0) is 10.2 Å². The number of hydrogen-bond donors (Lipinski definition) is 2. The standard InChI is InChI=1S/C20H21N3O3/c1-2-5-17-20(14-6-3-4-7-15(14)22-19(20)26)9-11-23(17)18(25)13-8-10-21-12-16(13)24/h3-4,6-8,10,12,17,24H,2,5,9,11H2,1H3,(H,22,26)/t17-,20+/m0/s1. The third-order valence-electron chi connectivity index (χ3n) is 5.61. The van der Waals surface area contributed by atoms with Crippen LogP contribution in [-0.4, -0.2) is 39.4 Å². The summed E-state index contributed by atoms with van der Waals surface area (Å²) in [5, 5.41) is 13.0. The molecule has 0 radical (unpaired) electrons. The third kappa shape index (κ3) is 2.21. The number of pyridine rings is 1. The van der Waals surface area contributed by atoms with Gasteiger partial charge in [-0.05, 0) is 30.5 Å². The molecule has 2 N–H and O–H groups in total. The molecule has 3 heterocycles. The first kappa shape index (κ1) is 16.6. The normalized spacial score (nSPS) is 24.0. The highest BCUT2D eigenvalue weighted by molar-refractivity contribution is 6.08. The average molecular weight is 351 g/mol. The summed E-state index contributed by atoms with van der Waals surface area (Å²) in [5.41, 5.74) is 1.31. The molecule has 2 aliphatic heterocycles. The topological polar surface area (TPSA) is 82.5 Å². The number of benzene rings is 1. The first-order valence-corrected chi connectivity index (χ1v) is 8.94. The van der Waals surface area contributed by atoms with Gasteiger partial charge in [-0.25, -0.2) is 0 Å². The van der Waals surface area contributed by atoms with Gasteiger partial charge in [0.1, 0.15) is 5.75 Å². The molecule has 0 aliphatic carbocycles. The lowest BCUT2D eigenvalue weighted by Gasteiger charge is -2.34. The first-order valence-electron chi connectivity index (χ1n) is 8.94. The Balaban J connectivity index is 1.77. The van der Waals surface area contributed by atoms with E-state index in [0.29, 0.717) is 13.0 Å². The number of anilines is 1. The summed E-state index contributed by atoms with van der Waals surface area (Å²) in [7, 11) is 0. The Bertz CT molecular complexity index is 882. The van der Waals surface area contributed by atoms with Gasteiger partial charge >= 0.3 is 0 Å². The molecule has 4 rings (SSSR count). The molecule has 1 fully saturated rings. The molecule has 1 spiro atoms. The van der Waals surface area contributed by atoms with Gasteiger partial charge in [0.05, 0.1) is 23.2 Å². The minimum Gasteiger partial charge on any atom is -0.505 e. The van der Waals surface area contributed by atoms with Gasteiger partial charge in [-0.3, -0.25) is 14.6 Å². The summed E-state index contributed by atoms with van der Waals surface area (Å²) < 4.78 is 0. The van der Waals surface area contributed by atoms with Crippen molar-refractivity contribution in [2.24, 2.45) is 0 Å². The van der Waals surface area contributed by atoms with E-state index < -0.39 is 5.41 Å². The number of carbonyl (C=O) groups excluding carboxylic acids is 2. The van der Waals surface area contributed by atoms with E-state index in [1.165, 1.54) is 18.5 Å². The molecule has 0 bridgehead atoms. The van der Waals surface area contributed by atoms with Gasteiger partial charge in [0, 0.05) is 18.4 Å². The fourth-order valence-corrected chi connectivity index (χ4v) is 4.44. The van der Waals surface area contributed by atoms with Gasteiger partial charge in [0.25, 0.3) is 5.91 Å². The van der Waals surface area contributed by atoms with Crippen molar-refractivity contribution in [1.29, 1.82) is 0 Å². The van der Waals surface area contributed by atoms with Crippen molar-refractivity contribution < 1.29 is 14.7 Å². The Kier molecular flexibility index (Phi) is 3.90. The molecule has 0 saturated carbocycles. The van der Waals surface area contributed by atoms with Crippen LogP contribution >= 0.6 is 0 Å². The molecule has 6 nitrogen and oxygen atoms in total. The number of nitrogens with one attached hydrogen (secondary N) is 1. The zero-order chi connectivity index (χ0) is 18.3. The zero-order valence-corrected chi connectivity index (χ0v) is 14.6. The molecule has 0 unspecified atom stereocenters. The van der Waals surface area contributed by atoms with Crippen molar-refractivity contribution in [2.75, 3.05) is 11.9 Å². The van der Waals surface area contributed by atoms with Crippen LogP contribution in [0.1, 0.15) is 42.1 Å². The largest absolute Gasteiger partial charge is 0.505 e. The zero-order valence-electron chi connectivity index (χ0n) is 14.6. The van der Waals surface area contributed by atoms with Gasteiger partial charge < -0.3 is 15.3 Å². The van der Waals surface area contributed by atoms with Crippen LogP contribution in [0, 0.1) is 0 Å². The van der Waals surface area contributed by atoms with E-state index in [2.05, 4.69) is 17.2 Å². The predicted molar refractivity (Wildman–Crippen MR) is 97.0 cm³/mol. The van der Waals surface area contributed by atoms with Crippen LogP contribution < -0.4 is 5.32 Å². The second-order valence-electron chi connectivity index (χ2n) is 6.92. The van der Waals surface area contributed by atoms with Crippen molar-refractivity contribution in [3.63, 3.8) is 0 Å². The van der Waals surface area contributed by atoms with Gasteiger partial charge in [-0.1, -0.05) is 31.5 Å². The molecule has 134 valence electrons. The molecule has 26 heavy (non-hydrogen) atoms. The second-order valence-corrected chi connectivity index (χ2v) is 6.92. The number of fused-ring (bicyclic) bond motifs is 2. The minimum absolute atomic E-state index is 0.0357. The van der Waals surface area contributed by atoms with Crippen LogP contribution in [0.25, 0.3) is 0 Å². The number of carbonyl (C=O) groups is 2. The number of para-hydroxylation sites is 1. The molecule has 1 saturated heterocycles. The van der Waals surface area contributed by atoms with E-state index in [4.69, 9.17) is 0 Å². The molecule has 6 heteroatoms. The average Bonchev–Trinajstić information content (AvgIpc) is 3.15. The van der Waals surface area contributed by atoms with Crippen molar-refractivity contribution >= 4 is 17.5 Å². The maximum absolute atomic E-state index is 13.1. The van der Waals surface area contributed by atoms with Crippen molar-refractivity contribution in [3.05, 3.63) is 53.9 Å². The Morgan fingerprint density at radius 3 is 2.96 bits per heavy atom. The number of rotatable bonds is 3. The molecular formula is C20H21N3O3. The van der Waals surface area contributed by atoms with E-state index in [1.807, 2.05) is 24.3 Å². The summed E-state index contributed by atoms with van der Waals surface area (Å²) in [5.74, 6) is -0.422. The number of nitrogens with zero attached hydrogens (tertiary/aromatic N) is 2. The maximum atomic E-state index is 13.1. The Morgan fingerprint density at radius 2 is 2.19 bits per heavy atom. The summed E-state index contributed by atoms with van der Waals surface area (Å²) in [6.45, 7) is 2.53. The third-order valence-corrected chi connectivity index (χ3v) is 5.61. The van der Waals surface area contributed by atoms with Crippen molar-refractivity contribution in [3.8, 4) is 5.75 Å². The van der Waals surface area contributed by atoms with Gasteiger partial charge in [0.2, 0.25) is 5.91 Å². The predicted octanol–water partition coefficient (Wildman–Crippen LogP) is 2.69. The van der Waals surface area contributed by atoms with E-state index >= 15 is 0 Å². The Morgan fingerprint density at radius 1 is 1.38 bits per heavy atom. The molecule has 2 aromatic rings. The lowest BCUT2D eigenvalue weighted by molar-refractivity contribution is -0.121.